The molecule has 2 aliphatic heterocycles. The van der Waals surface area contributed by atoms with E-state index in [0.29, 0.717) is 6.54 Å². The summed E-state index contributed by atoms with van der Waals surface area (Å²) in [6, 6.07) is -0.0429. The first-order valence-electron chi connectivity index (χ1n) is 4.74. The lowest BCUT2D eigenvalue weighted by molar-refractivity contribution is -0.130. The highest BCUT2D eigenvalue weighted by molar-refractivity contribution is 5.87. The van der Waals surface area contributed by atoms with Crippen LogP contribution in [0.1, 0.15) is 19.8 Å². The van der Waals surface area contributed by atoms with E-state index < -0.39 is 0 Å². The second kappa shape index (κ2) is 3.10. The van der Waals surface area contributed by atoms with Gasteiger partial charge in [-0.3, -0.25) is 14.5 Å². The lowest BCUT2D eigenvalue weighted by Crippen LogP contribution is -2.55. The van der Waals surface area contributed by atoms with Crippen LogP contribution in [-0.4, -0.2) is 41.8 Å². The molecule has 72 valence electrons. The maximum atomic E-state index is 11.4. The Kier molecular flexibility index (Phi) is 2.07. The molecule has 2 atom stereocenters. The molecule has 0 bridgehead atoms. The normalized spacial score (nSPS) is 34.1. The average Bonchev–Trinajstić information content (AvgIpc) is 2.48. The quantitative estimate of drug-likeness (QED) is 0.597. The third-order valence-corrected chi connectivity index (χ3v) is 2.96. The second-order valence-corrected chi connectivity index (χ2v) is 3.75. The van der Waals surface area contributed by atoms with Crippen LogP contribution >= 0.6 is 0 Å². The molecule has 1 N–H and O–H groups in total. The van der Waals surface area contributed by atoms with Gasteiger partial charge in [-0.2, -0.15) is 0 Å². The molecule has 0 aromatic rings. The van der Waals surface area contributed by atoms with Crippen LogP contribution in [0.15, 0.2) is 0 Å². The van der Waals surface area contributed by atoms with E-state index in [1.54, 1.807) is 6.92 Å². The monoisotopic (exact) mass is 182 g/mol. The first-order chi connectivity index (χ1) is 6.20. The van der Waals surface area contributed by atoms with E-state index in [1.165, 1.54) is 0 Å². The van der Waals surface area contributed by atoms with Gasteiger partial charge in [-0.15, -0.1) is 0 Å². The van der Waals surface area contributed by atoms with Gasteiger partial charge in [-0.25, -0.2) is 0 Å². The Balaban J connectivity index is 2.14. The van der Waals surface area contributed by atoms with Gasteiger partial charge in [0, 0.05) is 13.1 Å². The van der Waals surface area contributed by atoms with Crippen molar-refractivity contribution in [1.82, 2.24) is 10.2 Å². The van der Waals surface area contributed by atoms with Crippen molar-refractivity contribution >= 4 is 11.7 Å². The molecule has 4 heteroatoms. The van der Waals surface area contributed by atoms with Crippen LogP contribution in [0.5, 0.6) is 0 Å². The minimum atomic E-state index is -0.0392. The fourth-order valence-corrected chi connectivity index (χ4v) is 2.32. The Hall–Kier alpha value is -0.900. The largest absolute Gasteiger partial charge is 0.353 e. The van der Waals surface area contributed by atoms with E-state index in [2.05, 4.69) is 5.32 Å². The number of carbonyl (C=O) groups excluding carboxylic acids is 2. The summed E-state index contributed by atoms with van der Waals surface area (Å²) in [6.07, 6.45) is 1.67. The zero-order valence-corrected chi connectivity index (χ0v) is 7.75. The average molecular weight is 182 g/mol. The molecule has 2 aliphatic rings. The van der Waals surface area contributed by atoms with Crippen molar-refractivity contribution in [3.8, 4) is 0 Å². The number of ketones is 1. The van der Waals surface area contributed by atoms with Crippen LogP contribution in [0, 0.1) is 0 Å². The summed E-state index contributed by atoms with van der Waals surface area (Å²) < 4.78 is 0. The molecule has 0 spiro atoms. The molecular formula is C9H14N2O2. The number of carbonyl (C=O) groups is 2. The Morgan fingerprint density at radius 3 is 3.00 bits per heavy atom. The summed E-state index contributed by atoms with van der Waals surface area (Å²) in [6.45, 7) is 3.11. The topological polar surface area (TPSA) is 49.4 Å². The molecular weight excluding hydrogens is 168 g/mol. The molecule has 2 rings (SSSR count). The summed E-state index contributed by atoms with van der Waals surface area (Å²) in [4.78, 5) is 24.7. The lowest BCUT2D eigenvalue weighted by atomic mass is 10.1. The third kappa shape index (κ3) is 1.35. The first-order valence-corrected chi connectivity index (χ1v) is 4.74. The molecule has 0 aromatic heterocycles. The highest BCUT2D eigenvalue weighted by Gasteiger charge is 2.41. The minimum Gasteiger partial charge on any atom is -0.353 e. The third-order valence-electron chi connectivity index (χ3n) is 2.96. The number of piperazine rings is 1. The summed E-state index contributed by atoms with van der Waals surface area (Å²) in [5.74, 6) is 0.284. The highest BCUT2D eigenvalue weighted by atomic mass is 16.2. The van der Waals surface area contributed by atoms with Gasteiger partial charge >= 0.3 is 0 Å². The minimum absolute atomic E-state index is 0.00366. The molecule has 0 unspecified atom stereocenters. The molecule has 1 amide bonds. The zero-order chi connectivity index (χ0) is 9.42. The van der Waals surface area contributed by atoms with Gasteiger partial charge in [0.1, 0.15) is 5.78 Å². The van der Waals surface area contributed by atoms with Gasteiger partial charge in [0.15, 0.2) is 0 Å². The summed E-state index contributed by atoms with van der Waals surface area (Å²) in [5, 5.41) is 2.82. The Morgan fingerprint density at radius 2 is 2.31 bits per heavy atom. The van der Waals surface area contributed by atoms with Crippen molar-refractivity contribution in [2.45, 2.75) is 31.8 Å². The molecule has 2 saturated heterocycles. The molecule has 0 aromatic carbocycles. The predicted molar refractivity (Wildman–Crippen MR) is 47.2 cm³/mol. The summed E-state index contributed by atoms with van der Waals surface area (Å²) in [7, 11) is 0. The fourth-order valence-electron chi connectivity index (χ4n) is 2.32. The van der Waals surface area contributed by atoms with Crippen molar-refractivity contribution in [3.05, 3.63) is 0 Å². The maximum absolute atomic E-state index is 11.4. The molecule has 0 radical (unpaired) electrons. The molecule has 0 saturated carbocycles. The Morgan fingerprint density at radius 1 is 1.54 bits per heavy atom. The van der Waals surface area contributed by atoms with Crippen LogP contribution in [0.25, 0.3) is 0 Å². The highest BCUT2D eigenvalue weighted by Crippen LogP contribution is 2.25. The second-order valence-electron chi connectivity index (χ2n) is 3.75. The van der Waals surface area contributed by atoms with Crippen molar-refractivity contribution in [2.75, 3.05) is 13.1 Å². The summed E-state index contributed by atoms with van der Waals surface area (Å²) >= 11 is 0. The summed E-state index contributed by atoms with van der Waals surface area (Å²) in [5.41, 5.74) is 0. The number of amides is 1. The van der Waals surface area contributed by atoms with E-state index in [4.69, 9.17) is 0 Å². The van der Waals surface area contributed by atoms with E-state index in [0.717, 1.165) is 19.4 Å². The van der Waals surface area contributed by atoms with Gasteiger partial charge < -0.3 is 5.32 Å². The number of Topliss-reactive ketones (excluding diaryl/α,β-unsaturated/α-hetero) is 1. The van der Waals surface area contributed by atoms with E-state index >= 15 is 0 Å². The zero-order valence-electron chi connectivity index (χ0n) is 7.75. The van der Waals surface area contributed by atoms with Gasteiger partial charge in [-0.1, -0.05) is 0 Å². The Bertz CT molecular complexity index is 246. The number of fused-ring (bicyclic) bond motifs is 1. The molecule has 2 heterocycles. The van der Waals surface area contributed by atoms with Gasteiger partial charge in [0.05, 0.1) is 12.1 Å². The number of rotatable bonds is 1. The maximum Gasteiger partial charge on any atom is 0.237 e. The number of nitrogens with one attached hydrogen (secondary N) is 1. The number of nitrogens with zero attached hydrogens (tertiary/aromatic N) is 1. The smallest absolute Gasteiger partial charge is 0.237 e. The van der Waals surface area contributed by atoms with E-state index in [-0.39, 0.29) is 23.8 Å². The molecule has 13 heavy (non-hydrogen) atoms. The fraction of sp³-hybridized carbons (Fsp3) is 0.778. The number of hydrogen-bond acceptors (Lipinski definition) is 3. The lowest BCUT2D eigenvalue weighted by Gasteiger charge is -2.32. The van der Waals surface area contributed by atoms with Crippen LogP contribution in [0.4, 0.5) is 0 Å². The number of hydrogen-bond donors (Lipinski definition) is 1. The predicted octanol–water partition coefficient (Wildman–Crippen LogP) is -0.462. The SMILES string of the molecule is CC(=O)[C@H]1CC[C@H]2C(=O)NCCN12. The van der Waals surface area contributed by atoms with Gasteiger partial charge in [0.2, 0.25) is 5.91 Å². The van der Waals surface area contributed by atoms with Crippen molar-refractivity contribution < 1.29 is 9.59 Å². The first kappa shape index (κ1) is 8.69. The Labute approximate surface area is 77.3 Å². The van der Waals surface area contributed by atoms with Crippen molar-refractivity contribution in [1.29, 1.82) is 0 Å². The van der Waals surface area contributed by atoms with Crippen LogP contribution < -0.4 is 5.32 Å². The van der Waals surface area contributed by atoms with Crippen molar-refractivity contribution in [3.63, 3.8) is 0 Å². The van der Waals surface area contributed by atoms with Crippen LogP contribution in [0.3, 0.4) is 0 Å². The van der Waals surface area contributed by atoms with E-state index in [1.807, 2.05) is 4.90 Å². The van der Waals surface area contributed by atoms with Gasteiger partial charge in [0.25, 0.3) is 0 Å². The van der Waals surface area contributed by atoms with E-state index in [9.17, 15) is 9.59 Å². The molecule has 4 nitrogen and oxygen atoms in total. The molecule has 2 fully saturated rings. The standard InChI is InChI=1S/C9H14N2O2/c1-6(12)7-2-3-8-9(13)10-4-5-11(7)8/h7-8H,2-5H2,1H3,(H,10,13)/t7-,8+/m1/s1. The van der Waals surface area contributed by atoms with Crippen LogP contribution in [-0.2, 0) is 9.59 Å². The van der Waals surface area contributed by atoms with Crippen LogP contribution in [0.2, 0.25) is 0 Å². The molecule has 0 aliphatic carbocycles. The van der Waals surface area contributed by atoms with Gasteiger partial charge in [-0.05, 0) is 19.8 Å². The van der Waals surface area contributed by atoms with Crippen molar-refractivity contribution in [2.24, 2.45) is 0 Å².